The molecule has 0 saturated heterocycles. The zero-order chi connectivity index (χ0) is 19.3. The summed E-state index contributed by atoms with van der Waals surface area (Å²) in [4.78, 5) is 12.3. The third-order valence-corrected chi connectivity index (χ3v) is 4.29. The van der Waals surface area contributed by atoms with Crippen LogP contribution in [-0.2, 0) is 6.42 Å². The highest BCUT2D eigenvalue weighted by molar-refractivity contribution is 5.92. The lowest BCUT2D eigenvalue weighted by molar-refractivity contribution is 0.0927. The third kappa shape index (κ3) is 4.01. The predicted octanol–water partition coefficient (Wildman–Crippen LogP) is 4.24. The number of amides is 1. The van der Waals surface area contributed by atoms with Crippen molar-refractivity contribution in [2.75, 3.05) is 6.54 Å². The minimum atomic E-state index is -0.317. The van der Waals surface area contributed by atoms with Crippen LogP contribution in [0.15, 0.2) is 83.4 Å². The van der Waals surface area contributed by atoms with Gasteiger partial charge in [-0.2, -0.15) is 5.10 Å². The Balaban J connectivity index is 1.33. The molecule has 0 atom stereocenters. The number of carbonyl (C=O) groups is 1. The molecule has 0 spiro atoms. The lowest BCUT2D eigenvalue weighted by Crippen LogP contribution is -2.25. The molecule has 4 aromatic rings. The first kappa shape index (κ1) is 17.7. The number of halogens is 1. The van der Waals surface area contributed by atoms with E-state index in [0.29, 0.717) is 24.3 Å². The van der Waals surface area contributed by atoms with Crippen molar-refractivity contribution in [2.24, 2.45) is 0 Å². The van der Waals surface area contributed by atoms with Gasteiger partial charge in [-0.3, -0.25) is 4.79 Å². The molecule has 0 aliphatic heterocycles. The SMILES string of the molecule is O=C(NCCc1ccn(-c2ccccc2)n1)c1ccc(-c2ccc(F)cc2)o1. The summed E-state index contributed by atoms with van der Waals surface area (Å²) >= 11 is 0. The van der Waals surface area contributed by atoms with E-state index in [2.05, 4.69) is 10.4 Å². The Hall–Kier alpha value is -3.67. The van der Waals surface area contributed by atoms with E-state index in [1.54, 1.807) is 28.9 Å². The van der Waals surface area contributed by atoms with Crippen LogP contribution in [0.5, 0.6) is 0 Å². The molecule has 0 unspecified atom stereocenters. The topological polar surface area (TPSA) is 60.1 Å². The molecule has 28 heavy (non-hydrogen) atoms. The lowest BCUT2D eigenvalue weighted by atomic mass is 10.2. The van der Waals surface area contributed by atoms with Crippen molar-refractivity contribution in [3.8, 4) is 17.0 Å². The fraction of sp³-hybridized carbons (Fsp3) is 0.0909. The fourth-order valence-corrected chi connectivity index (χ4v) is 2.84. The van der Waals surface area contributed by atoms with E-state index in [4.69, 9.17) is 4.42 Å². The smallest absolute Gasteiger partial charge is 0.287 e. The summed E-state index contributed by atoms with van der Waals surface area (Å²) in [7, 11) is 0. The normalized spacial score (nSPS) is 10.8. The van der Waals surface area contributed by atoms with Crippen molar-refractivity contribution in [1.82, 2.24) is 15.1 Å². The molecule has 6 heteroatoms. The van der Waals surface area contributed by atoms with Crippen molar-refractivity contribution in [3.05, 3.63) is 96.3 Å². The molecular formula is C22H18FN3O2. The Bertz CT molecular complexity index is 1070. The molecule has 2 heterocycles. The van der Waals surface area contributed by atoms with Crippen LogP contribution >= 0.6 is 0 Å². The highest BCUT2D eigenvalue weighted by Crippen LogP contribution is 2.22. The zero-order valence-corrected chi connectivity index (χ0v) is 15.0. The highest BCUT2D eigenvalue weighted by atomic mass is 19.1. The van der Waals surface area contributed by atoms with Gasteiger partial charge in [-0.15, -0.1) is 0 Å². The van der Waals surface area contributed by atoms with Gasteiger partial charge in [0, 0.05) is 24.7 Å². The second-order valence-electron chi connectivity index (χ2n) is 6.26. The Labute approximate surface area is 161 Å². The average molecular weight is 375 g/mol. The summed E-state index contributed by atoms with van der Waals surface area (Å²) in [5.41, 5.74) is 2.59. The summed E-state index contributed by atoms with van der Waals surface area (Å²) in [6.45, 7) is 0.442. The number of carbonyl (C=O) groups excluding carboxylic acids is 1. The number of nitrogens with one attached hydrogen (secondary N) is 1. The van der Waals surface area contributed by atoms with E-state index in [-0.39, 0.29) is 17.5 Å². The number of hydrogen-bond acceptors (Lipinski definition) is 3. The molecule has 5 nitrogen and oxygen atoms in total. The first-order chi connectivity index (χ1) is 13.7. The number of para-hydroxylation sites is 1. The first-order valence-electron chi connectivity index (χ1n) is 8.93. The van der Waals surface area contributed by atoms with Gasteiger partial charge in [0.2, 0.25) is 0 Å². The lowest BCUT2D eigenvalue weighted by Gasteiger charge is -2.02. The van der Waals surface area contributed by atoms with E-state index >= 15 is 0 Å². The minimum absolute atomic E-state index is 0.217. The Morgan fingerprint density at radius 3 is 2.57 bits per heavy atom. The van der Waals surface area contributed by atoms with Crippen molar-refractivity contribution >= 4 is 5.91 Å². The van der Waals surface area contributed by atoms with Crippen LogP contribution in [-0.4, -0.2) is 22.2 Å². The molecule has 140 valence electrons. The molecule has 0 fully saturated rings. The second kappa shape index (κ2) is 7.92. The van der Waals surface area contributed by atoms with Crippen LogP contribution in [0, 0.1) is 5.82 Å². The molecule has 0 aliphatic carbocycles. The molecule has 4 rings (SSSR count). The average Bonchev–Trinajstić information content (AvgIpc) is 3.39. The van der Waals surface area contributed by atoms with Gasteiger partial charge in [-0.25, -0.2) is 9.07 Å². The van der Waals surface area contributed by atoms with Crippen molar-refractivity contribution in [3.63, 3.8) is 0 Å². The van der Waals surface area contributed by atoms with E-state index in [1.165, 1.54) is 12.1 Å². The largest absolute Gasteiger partial charge is 0.451 e. The number of furan rings is 1. The monoisotopic (exact) mass is 375 g/mol. The maximum atomic E-state index is 13.0. The molecule has 0 bridgehead atoms. The van der Waals surface area contributed by atoms with Crippen molar-refractivity contribution in [1.29, 1.82) is 0 Å². The van der Waals surface area contributed by atoms with Crippen LogP contribution in [0.1, 0.15) is 16.2 Å². The van der Waals surface area contributed by atoms with Crippen LogP contribution in [0.25, 0.3) is 17.0 Å². The maximum absolute atomic E-state index is 13.0. The standard InChI is InChI=1S/C22H18FN3O2/c23-17-8-6-16(7-9-17)20-10-11-21(28-20)22(27)24-14-12-18-13-15-26(25-18)19-4-2-1-3-5-19/h1-11,13,15H,12,14H2,(H,24,27). The zero-order valence-electron chi connectivity index (χ0n) is 15.0. The van der Waals surface area contributed by atoms with Gasteiger partial charge < -0.3 is 9.73 Å². The molecule has 1 amide bonds. The molecule has 1 N–H and O–H groups in total. The fourth-order valence-electron chi connectivity index (χ4n) is 2.84. The van der Waals surface area contributed by atoms with Crippen LogP contribution < -0.4 is 5.32 Å². The highest BCUT2D eigenvalue weighted by Gasteiger charge is 2.12. The summed E-state index contributed by atoms with van der Waals surface area (Å²) in [5.74, 6) is 0.125. The second-order valence-corrected chi connectivity index (χ2v) is 6.26. The molecule has 0 aliphatic rings. The van der Waals surface area contributed by atoms with Crippen LogP contribution in [0.3, 0.4) is 0 Å². The van der Waals surface area contributed by atoms with Crippen molar-refractivity contribution < 1.29 is 13.6 Å². The van der Waals surface area contributed by atoms with E-state index in [0.717, 1.165) is 11.4 Å². The molecule has 2 aromatic carbocycles. The Kier molecular flexibility index (Phi) is 5.01. The third-order valence-electron chi connectivity index (χ3n) is 4.29. The van der Waals surface area contributed by atoms with Gasteiger partial charge in [-0.05, 0) is 54.6 Å². The van der Waals surface area contributed by atoms with E-state index < -0.39 is 0 Å². The summed E-state index contributed by atoms with van der Waals surface area (Å²) < 4.78 is 20.4. The quantitative estimate of drug-likeness (QED) is 0.548. The number of hydrogen-bond donors (Lipinski definition) is 1. The van der Waals surface area contributed by atoms with Gasteiger partial charge in [0.1, 0.15) is 11.6 Å². The van der Waals surface area contributed by atoms with Gasteiger partial charge in [0.25, 0.3) is 5.91 Å². The number of benzene rings is 2. The molecule has 2 aromatic heterocycles. The van der Waals surface area contributed by atoms with Crippen molar-refractivity contribution in [2.45, 2.75) is 6.42 Å². The Morgan fingerprint density at radius 1 is 1.00 bits per heavy atom. The van der Waals surface area contributed by atoms with Gasteiger partial charge in [0.05, 0.1) is 11.4 Å². The minimum Gasteiger partial charge on any atom is -0.451 e. The summed E-state index contributed by atoms with van der Waals surface area (Å²) in [6.07, 6.45) is 2.51. The van der Waals surface area contributed by atoms with E-state index in [1.807, 2.05) is 42.6 Å². The van der Waals surface area contributed by atoms with Gasteiger partial charge >= 0.3 is 0 Å². The summed E-state index contributed by atoms with van der Waals surface area (Å²) in [5, 5.41) is 7.34. The number of rotatable bonds is 6. The summed E-state index contributed by atoms with van der Waals surface area (Å²) in [6, 6.07) is 21.0. The van der Waals surface area contributed by atoms with Crippen LogP contribution in [0.4, 0.5) is 4.39 Å². The predicted molar refractivity (Wildman–Crippen MR) is 104 cm³/mol. The molecule has 0 radical (unpaired) electrons. The first-order valence-corrected chi connectivity index (χ1v) is 8.93. The van der Waals surface area contributed by atoms with Gasteiger partial charge in [0.15, 0.2) is 5.76 Å². The van der Waals surface area contributed by atoms with E-state index in [9.17, 15) is 9.18 Å². The van der Waals surface area contributed by atoms with Gasteiger partial charge in [-0.1, -0.05) is 18.2 Å². The number of nitrogens with zero attached hydrogens (tertiary/aromatic N) is 2. The van der Waals surface area contributed by atoms with Crippen LogP contribution in [0.2, 0.25) is 0 Å². The Morgan fingerprint density at radius 2 is 1.79 bits per heavy atom. The number of aromatic nitrogens is 2. The molecule has 0 saturated carbocycles. The maximum Gasteiger partial charge on any atom is 0.287 e. The molecular weight excluding hydrogens is 357 g/mol.